The number of aryl methyl sites for hydroxylation is 1. The lowest BCUT2D eigenvalue weighted by molar-refractivity contribution is 0.0345. The minimum Gasteiger partial charge on any atom is -0.386 e. The molecule has 0 aliphatic rings. The standard InChI is InChI=1S/C15H22BrNO/c1-6-7-15(5,10(2)3)14(18)13-8-11(4)12(16)9-17-13/h6-10,14,18H,1-5H3. The number of aromatic nitrogens is 1. The van der Waals surface area contributed by atoms with Gasteiger partial charge in [0.1, 0.15) is 6.10 Å². The van der Waals surface area contributed by atoms with Crippen LogP contribution in [-0.2, 0) is 0 Å². The second kappa shape index (κ2) is 5.98. The Morgan fingerprint density at radius 2 is 2.06 bits per heavy atom. The highest BCUT2D eigenvalue weighted by atomic mass is 79.9. The maximum absolute atomic E-state index is 10.6. The van der Waals surface area contributed by atoms with Crippen molar-refractivity contribution in [1.82, 2.24) is 4.98 Å². The van der Waals surface area contributed by atoms with Gasteiger partial charge in [0.25, 0.3) is 0 Å². The predicted octanol–water partition coefficient (Wildman–Crippen LogP) is 4.42. The van der Waals surface area contributed by atoms with Gasteiger partial charge in [0.2, 0.25) is 0 Å². The fourth-order valence-electron chi connectivity index (χ4n) is 1.99. The van der Waals surface area contributed by atoms with Crippen molar-refractivity contribution in [3.63, 3.8) is 0 Å². The van der Waals surface area contributed by atoms with Crippen LogP contribution in [0.25, 0.3) is 0 Å². The molecule has 100 valence electrons. The van der Waals surface area contributed by atoms with Gasteiger partial charge in [0.15, 0.2) is 0 Å². The van der Waals surface area contributed by atoms with Crippen molar-refractivity contribution >= 4 is 15.9 Å². The first-order chi connectivity index (χ1) is 8.32. The van der Waals surface area contributed by atoms with Crippen LogP contribution in [0.5, 0.6) is 0 Å². The summed E-state index contributed by atoms with van der Waals surface area (Å²) in [6.07, 6.45) is 5.22. The molecule has 0 spiro atoms. The third-order valence-corrected chi connectivity index (χ3v) is 4.54. The maximum atomic E-state index is 10.6. The van der Waals surface area contributed by atoms with Gasteiger partial charge in [0, 0.05) is 16.1 Å². The monoisotopic (exact) mass is 311 g/mol. The van der Waals surface area contributed by atoms with Crippen molar-refractivity contribution in [2.45, 2.75) is 40.7 Å². The van der Waals surface area contributed by atoms with E-state index in [-0.39, 0.29) is 5.41 Å². The molecule has 0 fully saturated rings. The van der Waals surface area contributed by atoms with E-state index in [2.05, 4.69) is 47.8 Å². The van der Waals surface area contributed by atoms with E-state index in [1.54, 1.807) is 6.20 Å². The number of hydrogen-bond donors (Lipinski definition) is 1. The molecule has 1 aromatic heterocycles. The number of hydrogen-bond acceptors (Lipinski definition) is 2. The molecular formula is C15H22BrNO. The van der Waals surface area contributed by atoms with E-state index in [4.69, 9.17) is 0 Å². The minimum atomic E-state index is -0.597. The van der Waals surface area contributed by atoms with Crippen molar-refractivity contribution in [2.75, 3.05) is 0 Å². The van der Waals surface area contributed by atoms with E-state index in [1.165, 1.54) is 0 Å². The molecule has 2 unspecified atom stereocenters. The van der Waals surface area contributed by atoms with Crippen LogP contribution >= 0.6 is 15.9 Å². The van der Waals surface area contributed by atoms with E-state index in [1.807, 2.05) is 26.0 Å². The Kier molecular flexibility index (Phi) is 5.11. The first-order valence-electron chi connectivity index (χ1n) is 6.27. The van der Waals surface area contributed by atoms with E-state index < -0.39 is 6.10 Å². The number of aliphatic hydroxyl groups is 1. The van der Waals surface area contributed by atoms with Crippen molar-refractivity contribution in [3.8, 4) is 0 Å². The SMILES string of the molecule is CC=CC(C)(C(C)C)C(O)c1cc(C)c(Br)cn1. The molecule has 1 N–H and O–H groups in total. The van der Waals surface area contributed by atoms with Gasteiger partial charge < -0.3 is 5.11 Å². The fraction of sp³-hybridized carbons (Fsp3) is 0.533. The lowest BCUT2D eigenvalue weighted by Crippen LogP contribution is -2.29. The van der Waals surface area contributed by atoms with Crippen molar-refractivity contribution in [3.05, 3.63) is 40.1 Å². The second-order valence-electron chi connectivity index (χ2n) is 5.28. The van der Waals surface area contributed by atoms with Gasteiger partial charge in [-0.05, 0) is 47.3 Å². The molecule has 0 bridgehead atoms. The number of pyridine rings is 1. The average Bonchev–Trinajstić information content (AvgIpc) is 2.31. The molecule has 0 saturated heterocycles. The third kappa shape index (κ3) is 3.01. The average molecular weight is 312 g/mol. The van der Waals surface area contributed by atoms with Gasteiger partial charge in [-0.2, -0.15) is 0 Å². The second-order valence-corrected chi connectivity index (χ2v) is 6.14. The summed E-state index contributed by atoms with van der Waals surface area (Å²) in [6.45, 7) is 10.3. The van der Waals surface area contributed by atoms with Gasteiger partial charge in [-0.1, -0.05) is 32.9 Å². The van der Waals surface area contributed by atoms with Crippen LogP contribution in [0.1, 0.15) is 45.1 Å². The zero-order valence-corrected chi connectivity index (χ0v) is 13.3. The summed E-state index contributed by atoms with van der Waals surface area (Å²) in [5, 5.41) is 10.6. The van der Waals surface area contributed by atoms with Crippen molar-refractivity contribution < 1.29 is 5.11 Å². The van der Waals surface area contributed by atoms with Gasteiger partial charge >= 0.3 is 0 Å². The zero-order valence-electron chi connectivity index (χ0n) is 11.7. The summed E-state index contributed by atoms with van der Waals surface area (Å²) in [6, 6.07) is 1.94. The van der Waals surface area contributed by atoms with Crippen LogP contribution in [-0.4, -0.2) is 10.1 Å². The molecular weight excluding hydrogens is 290 g/mol. The Morgan fingerprint density at radius 1 is 1.44 bits per heavy atom. The first-order valence-corrected chi connectivity index (χ1v) is 7.06. The quantitative estimate of drug-likeness (QED) is 0.835. The summed E-state index contributed by atoms with van der Waals surface area (Å²) >= 11 is 3.43. The molecule has 0 aliphatic heterocycles. The lowest BCUT2D eigenvalue weighted by Gasteiger charge is -2.35. The van der Waals surface area contributed by atoms with Crippen LogP contribution in [0.15, 0.2) is 28.9 Å². The van der Waals surface area contributed by atoms with Crippen LogP contribution < -0.4 is 0 Å². The van der Waals surface area contributed by atoms with E-state index in [0.717, 1.165) is 15.7 Å². The Hall–Kier alpha value is -0.670. The Bertz CT molecular complexity index is 442. The lowest BCUT2D eigenvalue weighted by atomic mass is 9.73. The number of aliphatic hydroxyl groups excluding tert-OH is 1. The Balaban J connectivity index is 3.17. The van der Waals surface area contributed by atoms with Gasteiger partial charge in [-0.15, -0.1) is 0 Å². The van der Waals surface area contributed by atoms with Gasteiger partial charge in [-0.3, -0.25) is 4.98 Å². The maximum Gasteiger partial charge on any atom is 0.105 e. The topological polar surface area (TPSA) is 33.1 Å². The molecule has 2 nitrogen and oxygen atoms in total. The summed E-state index contributed by atoms with van der Waals surface area (Å²) in [4.78, 5) is 4.34. The van der Waals surface area contributed by atoms with Crippen LogP contribution in [0.4, 0.5) is 0 Å². The number of halogens is 1. The summed E-state index contributed by atoms with van der Waals surface area (Å²) in [7, 11) is 0. The van der Waals surface area contributed by atoms with E-state index in [9.17, 15) is 5.11 Å². The molecule has 0 saturated carbocycles. The number of rotatable bonds is 4. The van der Waals surface area contributed by atoms with Crippen LogP contribution in [0, 0.1) is 18.3 Å². The largest absolute Gasteiger partial charge is 0.386 e. The zero-order chi connectivity index (χ0) is 13.9. The highest BCUT2D eigenvalue weighted by Gasteiger charge is 2.35. The van der Waals surface area contributed by atoms with E-state index >= 15 is 0 Å². The molecule has 18 heavy (non-hydrogen) atoms. The summed E-state index contributed by atoms with van der Waals surface area (Å²) in [5.74, 6) is 0.328. The van der Waals surface area contributed by atoms with Gasteiger partial charge in [0.05, 0.1) is 5.69 Å². The summed E-state index contributed by atoms with van der Waals surface area (Å²) < 4.78 is 0.968. The summed E-state index contributed by atoms with van der Waals surface area (Å²) in [5.41, 5.74) is 1.51. The smallest absolute Gasteiger partial charge is 0.105 e. The van der Waals surface area contributed by atoms with Crippen LogP contribution in [0.3, 0.4) is 0 Å². The molecule has 0 radical (unpaired) electrons. The number of nitrogens with zero attached hydrogens (tertiary/aromatic N) is 1. The predicted molar refractivity (Wildman–Crippen MR) is 79.4 cm³/mol. The molecule has 1 heterocycles. The highest BCUT2D eigenvalue weighted by Crippen LogP contribution is 2.41. The Morgan fingerprint density at radius 3 is 2.50 bits per heavy atom. The van der Waals surface area contributed by atoms with E-state index in [0.29, 0.717) is 5.92 Å². The molecule has 1 rings (SSSR count). The highest BCUT2D eigenvalue weighted by molar-refractivity contribution is 9.10. The molecule has 0 aromatic carbocycles. The first kappa shape index (κ1) is 15.4. The normalized spacial score (nSPS) is 17.1. The molecule has 0 amide bonds. The van der Waals surface area contributed by atoms with Crippen molar-refractivity contribution in [2.24, 2.45) is 11.3 Å². The fourth-order valence-corrected chi connectivity index (χ4v) is 2.20. The van der Waals surface area contributed by atoms with Crippen molar-refractivity contribution in [1.29, 1.82) is 0 Å². The Labute approximate surface area is 118 Å². The third-order valence-electron chi connectivity index (χ3n) is 3.71. The van der Waals surface area contributed by atoms with Crippen LogP contribution in [0.2, 0.25) is 0 Å². The molecule has 0 aliphatic carbocycles. The minimum absolute atomic E-state index is 0.304. The molecule has 3 heteroatoms. The molecule has 1 aromatic rings. The molecule has 2 atom stereocenters. The number of allylic oxidation sites excluding steroid dienone is 1. The van der Waals surface area contributed by atoms with Gasteiger partial charge in [-0.25, -0.2) is 0 Å².